The summed E-state index contributed by atoms with van der Waals surface area (Å²) in [6, 6.07) is 2.58. The Bertz CT molecular complexity index is 1140. The second kappa shape index (κ2) is 7.85. The lowest BCUT2D eigenvalue weighted by molar-refractivity contribution is -0.147. The van der Waals surface area contributed by atoms with E-state index in [2.05, 4.69) is 10.3 Å². The molecule has 1 aromatic carbocycles. The van der Waals surface area contributed by atoms with Gasteiger partial charge >= 0.3 is 5.97 Å². The highest BCUT2D eigenvalue weighted by Gasteiger charge is 2.15. The molecule has 146 valence electrons. The number of benzene rings is 1. The quantitative estimate of drug-likeness (QED) is 0.657. The number of esters is 1. The Morgan fingerprint density at radius 1 is 1.29 bits per heavy atom. The van der Waals surface area contributed by atoms with E-state index in [9.17, 15) is 23.2 Å². The molecule has 0 atom stereocenters. The number of halogens is 2. The van der Waals surface area contributed by atoms with E-state index < -0.39 is 36.7 Å². The van der Waals surface area contributed by atoms with Crippen LogP contribution in [0.5, 0.6) is 0 Å². The molecule has 0 bridgehead atoms. The smallest absolute Gasteiger partial charge is 0.326 e. The highest BCUT2D eigenvalue weighted by molar-refractivity contribution is 7.18. The molecular formula is C18H15F2N3O4S. The summed E-state index contributed by atoms with van der Waals surface area (Å²) >= 11 is 1.39. The molecule has 2 aromatic heterocycles. The van der Waals surface area contributed by atoms with Gasteiger partial charge in [-0.25, -0.2) is 13.8 Å². The Morgan fingerprint density at radius 2 is 2.04 bits per heavy atom. The Labute approximate surface area is 161 Å². The lowest BCUT2D eigenvalue weighted by Gasteiger charge is -2.08. The zero-order valence-electron chi connectivity index (χ0n) is 14.9. The molecular weight excluding hydrogens is 392 g/mol. The van der Waals surface area contributed by atoms with Gasteiger partial charge < -0.3 is 10.1 Å². The molecule has 0 spiro atoms. The summed E-state index contributed by atoms with van der Waals surface area (Å²) in [5, 5.41) is 2.55. The highest BCUT2D eigenvalue weighted by atomic mass is 32.1. The van der Waals surface area contributed by atoms with Crippen molar-refractivity contribution in [1.82, 2.24) is 9.55 Å². The minimum absolute atomic E-state index is 0.366. The van der Waals surface area contributed by atoms with E-state index in [0.717, 1.165) is 33.2 Å². The van der Waals surface area contributed by atoms with E-state index in [1.807, 2.05) is 6.92 Å². The van der Waals surface area contributed by atoms with Crippen LogP contribution < -0.4 is 10.9 Å². The number of amides is 1. The van der Waals surface area contributed by atoms with Crippen LogP contribution in [0.2, 0.25) is 0 Å². The fourth-order valence-corrected chi connectivity index (χ4v) is 3.48. The molecule has 2 heterocycles. The molecule has 0 saturated carbocycles. The number of nitrogens with one attached hydrogen (secondary N) is 1. The van der Waals surface area contributed by atoms with E-state index in [1.165, 1.54) is 17.7 Å². The summed E-state index contributed by atoms with van der Waals surface area (Å²) in [6.07, 6.45) is 1.24. The number of anilines is 1. The van der Waals surface area contributed by atoms with Crippen molar-refractivity contribution in [1.29, 1.82) is 0 Å². The molecule has 1 amide bonds. The van der Waals surface area contributed by atoms with Crippen molar-refractivity contribution in [2.45, 2.75) is 20.4 Å². The summed E-state index contributed by atoms with van der Waals surface area (Å²) in [6.45, 7) is 2.53. The third kappa shape index (κ3) is 4.06. The number of rotatable bonds is 5. The first-order valence-corrected chi connectivity index (χ1v) is 8.93. The number of nitrogens with zero attached hydrogens (tertiary/aromatic N) is 2. The average Bonchev–Trinajstić information content (AvgIpc) is 2.94. The number of hydrogen-bond acceptors (Lipinski definition) is 6. The normalized spacial score (nSPS) is 10.9. The van der Waals surface area contributed by atoms with Gasteiger partial charge in [0, 0.05) is 10.9 Å². The fourth-order valence-electron chi connectivity index (χ4n) is 2.49. The summed E-state index contributed by atoms with van der Waals surface area (Å²) in [4.78, 5) is 41.9. The first-order valence-electron chi connectivity index (χ1n) is 8.12. The summed E-state index contributed by atoms with van der Waals surface area (Å²) in [7, 11) is 0. The van der Waals surface area contributed by atoms with Gasteiger partial charge in [0.15, 0.2) is 6.61 Å². The van der Waals surface area contributed by atoms with E-state index in [4.69, 9.17) is 4.74 Å². The molecule has 0 aliphatic rings. The van der Waals surface area contributed by atoms with Gasteiger partial charge in [0.1, 0.15) is 23.0 Å². The standard InChI is InChI=1S/C18H15F2N3O4S/c1-9-10(2)28-17-16(9)18(26)23(8-21-17)6-15(25)27-7-14(24)22-13-5-11(19)3-4-12(13)20/h3-5,8H,6-7H2,1-2H3,(H,22,24). The number of hydrogen-bond donors (Lipinski definition) is 1. The molecule has 1 N–H and O–H groups in total. The number of thiophene rings is 1. The second-order valence-electron chi connectivity index (χ2n) is 5.97. The van der Waals surface area contributed by atoms with Crippen molar-refractivity contribution in [2.24, 2.45) is 0 Å². The number of aromatic nitrogens is 2. The second-order valence-corrected chi connectivity index (χ2v) is 7.18. The third-order valence-electron chi connectivity index (χ3n) is 4.02. The topological polar surface area (TPSA) is 90.3 Å². The van der Waals surface area contributed by atoms with Crippen LogP contribution in [0.1, 0.15) is 10.4 Å². The van der Waals surface area contributed by atoms with Crippen LogP contribution in [-0.2, 0) is 20.9 Å². The van der Waals surface area contributed by atoms with E-state index >= 15 is 0 Å². The Balaban J connectivity index is 1.63. The Morgan fingerprint density at radius 3 is 2.79 bits per heavy atom. The minimum Gasteiger partial charge on any atom is -0.454 e. The average molecular weight is 407 g/mol. The highest BCUT2D eigenvalue weighted by Crippen LogP contribution is 2.25. The van der Waals surface area contributed by atoms with Crippen LogP contribution in [0.25, 0.3) is 10.2 Å². The van der Waals surface area contributed by atoms with Gasteiger partial charge in [-0.05, 0) is 31.5 Å². The number of ether oxygens (including phenoxy) is 1. The van der Waals surface area contributed by atoms with Gasteiger partial charge in [0.25, 0.3) is 11.5 Å². The fraction of sp³-hybridized carbons (Fsp3) is 0.222. The maximum Gasteiger partial charge on any atom is 0.326 e. The third-order valence-corrected chi connectivity index (χ3v) is 5.14. The molecule has 10 heteroatoms. The summed E-state index contributed by atoms with van der Waals surface area (Å²) in [5.41, 5.74) is 0.0574. The lowest BCUT2D eigenvalue weighted by atomic mass is 10.2. The Kier molecular flexibility index (Phi) is 5.50. The molecule has 0 fully saturated rings. The molecule has 7 nitrogen and oxygen atoms in total. The SMILES string of the molecule is Cc1sc2ncn(CC(=O)OCC(=O)Nc3cc(F)ccc3F)c(=O)c2c1C. The monoisotopic (exact) mass is 407 g/mol. The largest absolute Gasteiger partial charge is 0.454 e. The maximum atomic E-state index is 13.5. The number of aryl methyl sites for hydroxylation is 2. The van der Waals surface area contributed by atoms with Gasteiger partial charge in [-0.1, -0.05) is 0 Å². The van der Waals surface area contributed by atoms with Gasteiger partial charge in [-0.2, -0.15) is 0 Å². The van der Waals surface area contributed by atoms with E-state index in [1.54, 1.807) is 6.92 Å². The molecule has 3 aromatic rings. The molecule has 0 aliphatic carbocycles. The molecule has 0 radical (unpaired) electrons. The molecule has 0 unspecified atom stereocenters. The van der Waals surface area contributed by atoms with Crippen LogP contribution >= 0.6 is 11.3 Å². The van der Waals surface area contributed by atoms with Gasteiger partial charge in [-0.15, -0.1) is 11.3 Å². The van der Waals surface area contributed by atoms with E-state index in [0.29, 0.717) is 10.2 Å². The first-order chi connectivity index (χ1) is 13.3. The first kappa shape index (κ1) is 19.6. The van der Waals surface area contributed by atoms with Crippen LogP contribution in [0.3, 0.4) is 0 Å². The van der Waals surface area contributed by atoms with Gasteiger partial charge in [0.05, 0.1) is 17.4 Å². The van der Waals surface area contributed by atoms with Crippen LogP contribution in [0, 0.1) is 25.5 Å². The summed E-state index contributed by atoms with van der Waals surface area (Å²) in [5.74, 6) is -3.24. The Hall–Kier alpha value is -3.14. The van der Waals surface area contributed by atoms with Crippen LogP contribution in [-0.4, -0.2) is 28.0 Å². The van der Waals surface area contributed by atoms with Gasteiger partial charge in [0.2, 0.25) is 0 Å². The molecule has 0 saturated heterocycles. The van der Waals surface area contributed by atoms with Crippen LogP contribution in [0.4, 0.5) is 14.5 Å². The molecule has 3 rings (SSSR count). The van der Waals surface area contributed by atoms with Crippen molar-refractivity contribution in [3.63, 3.8) is 0 Å². The lowest BCUT2D eigenvalue weighted by Crippen LogP contribution is -2.28. The zero-order chi connectivity index (χ0) is 20.4. The van der Waals surface area contributed by atoms with Crippen molar-refractivity contribution < 1.29 is 23.1 Å². The van der Waals surface area contributed by atoms with Gasteiger partial charge in [-0.3, -0.25) is 19.0 Å². The molecule has 28 heavy (non-hydrogen) atoms. The van der Waals surface area contributed by atoms with Crippen molar-refractivity contribution in [3.8, 4) is 0 Å². The number of carbonyl (C=O) groups is 2. The van der Waals surface area contributed by atoms with E-state index in [-0.39, 0.29) is 11.2 Å². The predicted molar refractivity (Wildman–Crippen MR) is 99.3 cm³/mol. The predicted octanol–water partition coefficient (Wildman–Crippen LogP) is 2.53. The zero-order valence-corrected chi connectivity index (χ0v) is 15.7. The summed E-state index contributed by atoms with van der Waals surface area (Å²) < 4.78 is 32.5. The molecule has 0 aliphatic heterocycles. The van der Waals surface area contributed by atoms with Crippen molar-refractivity contribution in [3.05, 3.63) is 57.0 Å². The number of carbonyl (C=O) groups excluding carboxylic acids is 2. The van der Waals surface area contributed by atoms with Crippen molar-refractivity contribution in [2.75, 3.05) is 11.9 Å². The number of fused-ring (bicyclic) bond motifs is 1. The van der Waals surface area contributed by atoms with Crippen molar-refractivity contribution >= 4 is 39.1 Å². The maximum absolute atomic E-state index is 13.5. The van der Waals surface area contributed by atoms with Crippen LogP contribution in [0.15, 0.2) is 29.3 Å². The minimum atomic E-state index is -0.845.